The minimum atomic E-state index is 0.547. The van der Waals surface area contributed by atoms with E-state index in [2.05, 4.69) is 47.3 Å². The van der Waals surface area contributed by atoms with Crippen molar-refractivity contribution in [1.29, 1.82) is 0 Å². The summed E-state index contributed by atoms with van der Waals surface area (Å²) in [5.74, 6) is 1.26. The van der Waals surface area contributed by atoms with Crippen LogP contribution in [-0.2, 0) is 0 Å². The van der Waals surface area contributed by atoms with Crippen molar-refractivity contribution in [2.75, 3.05) is 0 Å². The molecule has 0 nitrogen and oxygen atoms in total. The van der Waals surface area contributed by atoms with Gasteiger partial charge >= 0.3 is 0 Å². The molecule has 0 aromatic heterocycles. The third-order valence-electron chi connectivity index (χ3n) is 3.40. The molecular weight excluding hydrogens is 180 g/mol. The zero-order valence-electron chi connectivity index (χ0n) is 11.3. The highest BCUT2D eigenvalue weighted by Crippen LogP contribution is 2.21. The molecule has 0 saturated carbocycles. The van der Waals surface area contributed by atoms with Gasteiger partial charge in [0.1, 0.15) is 0 Å². The largest absolute Gasteiger partial charge is 0.0993 e. The lowest BCUT2D eigenvalue weighted by Gasteiger charge is -2.15. The first-order valence-corrected chi connectivity index (χ1v) is 6.38. The maximum Gasteiger partial charge on any atom is -0.00517 e. The molecule has 2 atom stereocenters. The van der Waals surface area contributed by atoms with E-state index < -0.39 is 0 Å². The van der Waals surface area contributed by atoms with Crippen LogP contribution >= 0.6 is 0 Å². The van der Waals surface area contributed by atoms with E-state index in [1.165, 1.54) is 36.8 Å². The molecular formula is C15H28. The maximum absolute atomic E-state index is 4.19. The molecule has 0 fully saturated rings. The van der Waals surface area contributed by atoms with Crippen LogP contribution in [0.5, 0.6) is 0 Å². The van der Waals surface area contributed by atoms with Crippen LogP contribution in [0.3, 0.4) is 0 Å². The van der Waals surface area contributed by atoms with Gasteiger partial charge in [0.05, 0.1) is 0 Å². The summed E-state index contributed by atoms with van der Waals surface area (Å²) < 4.78 is 0. The minimum absolute atomic E-state index is 0.547. The van der Waals surface area contributed by atoms with Crippen molar-refractivity contribution in [3.63, 3.8) is 0 Å². The van der Waals surface area contributed by atoms with E-state index in [1.54, 1.807) is 0 Å². The molecule has 88 valence electrons. The highest BCUT2D eigenvalue weighted by Gasteiger charge is 2.06. The van der Waals surface area contributed by atoms with Gasteiger partial charge in [-0.1, -0.05) is 57.9 Å². The molecule has 0 saturated heterocycles. The van der Waals surface area contributed by atoms with E-state index in [9.17, 15) is 0 Å². The van der Waals surface area contributed by atoms with Crippen molar-refractivity contribution in [2.24, 2.45) is 11.8 Å². The standard InChI is InChI=1S/C15H28/c1-7-9-10-13(4)15(6)11-14(5)12(3)8-2/h11-12,15H,4,7-10H2,1-3,5-6H3/b14-11+/t12?,15-/m1/s1. The first-order chi connectivity index (χ1) is 7.02. The van der Waals surface area contributed by atoms with Gasteiger partial charge in [0.2, 0.25) is 0 Å². The number of hydrogen-bond donors (Lipinski definition) is 0. The molecule has 0 spiro atoms. The molecule has 15 heavy (non-hydrogen) atoms. The summed E-state index contributed by atoms with van der Waals surface area (Å²) in [7, 11) is 0. The minimum Gasteiger partial charge on any atom is -0.0993 e. The zero-order valence-corrected chi connectivity index (χ0v) is 11.3. The van der Waals surface area contributed by atoms with Crippen molar-refractivity contribution < 1.29 is 0 Å². The van der Waals surface area contributed by atoms with Gasteiger partial charge in [-0.2, -0.15) is 0 Å². The summed E-state index contributed by atoms with van der Waals surface area (Å²) >= 11 is 0. The lowest BCUT2D eigenvalue weighted by molar-refractivity contribution is 0.639. The average Bonchev–Trinajstić information content (AvgIpc) is 2.24. The van der Waals surface area contributed by atoms with Gasteiger partial charge in [-0.05, 0) is 38.0 Å². The van der Waals surface area contributed by atoms with Crippen molar-refractivity contribution in [3.8, 4) is 0 Å². The Labute approximate surface area is 96.5 Å². The maximum atomic E-state index is 4.19. The quantitative estimate of drug-likeness (QED) is 0.494. The van der Waals surface area contributed by atoms with Crippen LogP contribution in [0.1, 0.15) is 60.3 Å². The average molecular weight is 208 g/mol. The van der Waals surface area contributed by atoms with Crippen molar-refractivity contribution in [1.82, 2.24) is 0 Å². The molecule has 0 N–H and O–H groups in total. The predicted molar refractivity (Wildman–Crippen MR) is 71.0 cm³/mol. The van der Waals surface area contributed by atoms with E-state index in [1.807, 2.05) is 0 Å². The van der Waals surface area contributed by atoms with E-state index >= 15 is 0 Å². The van der Waals surface area contributed by atoms with E-state index in [4.69, 9.17) is 0 Å². The topological polar surface area (TPSA) is 0 Å². The van der Waals surface area contributed by atoms with Gasteiger partial charge in [-0.3, -0.25) is 0 Å². The molecule has 0 aliphatic carbocycles. The van der Waals surface area contributed by atoms with E-state index in [0.29, 0.717) is 11.8 Å². The summed E-state index contributed by atoms with van der Waals surface area (Å²) in [6.07, 6.45) is 7.35. The van der Waals surface area contributed by atoms with Gasteiger partial charge in [0.25, 0.3) is 0 Å². The fourth-order valence-electron chi connectivity index (χ4n) is 1.63. The monoisotopic (exact) mass is 208 g/mol. The highest BCUT2D eigenvalue weighted by molar-refractivity contribution is 5.13. The summed E-state index contributed by atoms with van der Waals surface area (Å²) in [5, 5.41) is 0. The van der Waals surface area contributed by atoms with Crippen LogP contribution in [0.25, 0.3) is 0 Å². The molecule has 0 rings (SSSR count). The third-order valence-corrected chi connectivity index (χ3v) is 3.40. The smallest absolute Gasteiger partial charge is 0.00517 e. The fourth-order valence-corrected chi connectivity index (χ4v) is 1.63. The van der Waals surface area contributed by atoms with E-state index in [0.717, 1.165) is 0 Å². The molecule has 0 amide bonds. The SMILES string of the molecule is C=C(CCCC)[C@H](C)/C=C(\C)C(C)CC. The molecule has 1 unspecified atom stereocenters. The van der Waals surface area contributed by atoms with E-state index in [-0.39, 0.29) is 0 Å². The number of allylic oxidation sites excluding steroid dienone is 3. The summed E-state index contributed by atoms with van der Waals surface area (Å²) in [6, 6.07) is 0. The lowest BCUT2D eigenvalue weighted by Crippen LogP contribution is -2.00. The summed E-state index contributed by atoms with van der Waals surface area (Å²) in [4.78, 5) is 0. The summed E-state index contributed by atoms with van der Waals surface area (Å²) in [6.45, 7) is 15.5. The van der Waals surface area contributed by atoms with Crippen LogP contribution in [0, 0.1) is 11.8 Å². The van der Waals surface area contributed by atoms with Gasteiger partial charge in [0, 0.05) is 0 Å². The molecule has 0 aliphatic rings. The molecule has 0 radical (unpaired) electrons. The molecule has 0 aromatic rings. The van der Waals surface area contributed by atoms with Crippen LogP contribution in [0.4, 0.5) is 0 Å². The van der Waals surface area contributed by atoms with Crippen LogP contribution < -0.4 is 0 Å². The number of hydrogen-bond acceptors (Lipinski definition) is 0. The Kier molecular flexibility index (Phi) is 7.46. The Morgan fingerprint density at radius 2 is 1.87 bits per heavy atom. The van der Waals surface area contributed by atoms with Gasteiger partial charge in [-0.15, -0.1) is 0 Å². The first kappa shape index (κ1) is 14.5. The Balaban J connectivity index is 4.20. The van der Waals surface area contributed by atoms with Crippen molar-refractivity contribution in [3.05, 3.63) is 23.8 Å². The lowest BCUT2D eigenvalue weighted by atomic mass is 9.91. The Morgan fingerprint density at radius 3 is 2.33 bits per heavy atom. The molecule has 0 heteroatoms. The van der Waals surface area contributed by atoms with Gasteiger partial charge in [-0.25, -0.2) is 0 Å². The third kappa shape index (κ3) is 5.81. The number of rotatable bonds is 7. The van der Waals surface area contributed by atoms with Gasteiger partial charge < -0.3 is 0 Å². The molecule has 0 aliphatic heterocycles. The Morgan fingerprint density at radius 1 is 1.27 bits per heavy atom. The Hall–Kier alpha value is -0.520. The fraction of sp³-hybridized carbons (Fsp3) is 0.733. The van der Waals surface area contributed by atoms with Crippen molar-refractivity contribution in [2.45, 2.75) is 60.3 Å². The highest BCUT2D eigenvalue weighted by atomic mass is 14.1. The predicted octanol–water partition coefficient (Wildman–Crippen LogP) is 5.36. The second-order valence-electron chi connectivity index (χ2n) is 4.77. The van der Waals surface area contributed by atoms with Crippen molar-refractivity contribution >= 4 is 0 Å². The normalized spacial score (nSPS) is 16.2. The van der Waals surface area contributed by atoms with Crippen LogP contribution in [0.2, 0.25) is 0 Å². The second-order valence-corrected chi connectivity index (χ2v) is 4.77. The van der Waals surface area contributed by atoms with Crippen LogP contribution in [0.15, 0.2) is 23.8 Å². The first-order valence-electron chi connectivity index (χ1n) is 6.38. The molecule has 0 aromatic carbocycles. The molecule has 0 bridgehead atoms. The number of unbranched alkanes of at least 4 members (excludes halogenated alkanes) is 1. The van der Waals surface area contributed by atoms with Crippen LogP contribution in [-0.4, -0.2) is 0 Å². The Bertz CT molecular complexity index is 210. The van der Waals surface area contributed by atoms with Gasteiger partial charge in [0.15, 0.2) is 0 Å². The zero-order chi connectivity index (χ0) is 11.8. The molecule has 0 heterocycles. The second kappa shape index (κ2) is 7.73. The summed E-state index contributed by atoms with van der Waals surface area (Å²) in [5.41, 5.74) is 2.90.